The molecule has 0 saturated carbocycles. The summed E-state index contributed by atoms with van der Waals surface area (Å²) in [6, 6.07) is 38.4. The van der Waals surface area contributed by atoms with E-state index in [2.05, 4.69) is 164 Å². The lowest BCUT2D eigenvalue weighted by Gasteiger charge is -2.39. The Morgan fingerprint density at radius 3 is 2.03 bits per heavy atom. The van der Waals surface area contributed by atoms with E-state index in [1.807, 2.05) is 0 Å². The monoisotopic (exact) mass is 614 g/mol. The number of hydrogen-bond acceptors (Lipinski definition) is 0. The first kappa shape index (κ1) is 25.6. The maximum Gasteiger partial charge on any atom is 0.0698 e. The van der Waals surface area contributed by atoms with Gasteiger partial charge in [-0.2, -0.15) is 0 Å². The third-order valence-corrected chi connectivity index (χ3v) is 8.68. The van der Waals surface area contributed by atoms with Crippen LogP contribution in [-0.4, -0.2) is 0 Å². The van der Waals surface area contributed by atoms with E-state index in [0.29, 0.717) is 0 Å². The molecule has 0 spiro atoms. The van der Waals surface area contributed by atoms with E-state index < -0.39 is 5.41 Å². The molecule has 0 nitrogen and oxygen atoms in total. The lowest BCUT2D eigenvalue weighted by atomic mass is 9.63. The van der Waals surface area contributed by atoms with E-state index in [0.717, 1.165) is 12.0 Å². The molecule has 0 bridgehead atoms. The topological polar surface area (TPSA) is 0 Å². The maximum atomic E-state index is 4.74. The average molecular weight is 615 g/mol. The average Bonchev–Trinajstić information content (AvgIpc) is 3.01. The molecule has 1 aliphatic carbocycles. The van der Waals surface area contributed by atoms with Crippen LogP contribution in [0.5, 0.6) is 0 Å². The fourth-order valence-corrected chi connectivity index (χ4v) is 6.52. The number of halogens is 1. The van der Waals surface area contributed by atoms with Crippen molar-refractivity contribution in [3.63, 3.8) is 0 Å². The highest BCUT2D eigenvalue weighted by Gasteiger charge is 2.40. The van der Waals surface area contributed by atoms with Gasteiger partial charge in [-0.1, -0.05) is 127 Å². The fourth-order valence-electron chi connectivity index (χ4n) is 6.00. The van der Waals surface area contributed by atoms with Crippen LogP contribution in [0.2, 0.25) is 0 Å². The van der Waals surface area contributed by atoms with Crippen molar-refractivity contribution < 1.29 is 0 Å². The van der Waals surface area contributed by atoms with Crippen molar-refractivity contribution in [3.05, 3.63) is 177 Å². The van der Waals surface area contributed by atoms with E-state index >= 15 is 0 Å². The van der Waals surface area contributed by atoms with E-state index in [1.54, 1.807) is 0 Å². The Hall–Kier alpha value is -3.69. The van der Waals surface area contributed by atoms with Crippen molar-refractivity contribution in [1.29, 1.82) is 0 Å². The van der Waals surface area contributed by atoms with Gasteiger partial charge in [0.1, 0.15) is 0 Å². The summed E-state index contributed by atoms with van der Waals surface area (Å²) in [5.41, 5.74) is 10.7. The summed E-state index contributed by atoms with van der Waals surface area (Å²) >= 11 is 2.39. The van der Waals surface area contributed by atoms with Crippen LogP contribution < -0.4 is 0 Å². The molecule has 5 aromatic carbocycles. The van der Waals surface area contributed by atoms with Gasteiger partial charge in [0.15, 0.2) is 0 Å². The molecule has 1 aliphatic rings. The third-order valence-electron chi connectivity index (χ3n) is 8.01. The molecule has 5 aromatic rings. The van der Waals surface area contributed by atoms with Crippen molar-refractivity contribution in [2.75, 3.05) is 0 Å². The van der Waals surface area contributed by atoms with Gasteiger partial charge in [0, 0.05) is 3.57 Å². The number of hydrogen-bond donors (Lipinski definition) is 0. The predicted molar refractivity (Wildman–Crippen MR) is 175 cm³/mol. The van der Waals surface area contributed by atoms with Crippen LogP contribution in [0.4, 0.5) is 0 Å². The maximum absolute atomic E-state index is 4.74. The van der Waals surface area contributed by atoms with Gasteiger partial charge in [-0.3, -0.25) is 0 Å². The van der Waals surface area contributed by atoms with Gasteiger partial charge in [0.05, 0.1) is 5.41 Å². The van der Waals surface area contributed by atoms with Crippen molar-refractivity contribution in [1.82, 2.24) is 0 Å². The Balaban J connectivity index is 1.69. The van der Waals surface area contributed by atoms with E-state index in [1.165, 1.54) is 58.9 Å². The summed E-state index contributed by atoms with van der Waals surface area (Å²) < 4.78 is 1.26. The molecular formula is C38H31I. The molecular weight excluding hydrogens is 583 g/mol. The van der Waals surface area contributed by atoms with Crippen LogP contribution in [0, 0.1) is 17.4 Å². The summed E-state index contributed by atoms with van der Waals surface area (Å²) in [6.07, 6.45) is 9.61. The molecule has 6 rings (SSSR count). The van der Waals surface area contributed by atoms with Gasteiger partial charge < -0.3 is 0 Å². The molecule has 0 saturated heterocycles. The highest BCUT2D eigenvalue weighted by atomic mass is 127. The zero-order valence-corrected chi connectivity index (χ0v) is 24.6. The minimum Gasteiger partial charge on any atom is -0.0942 e. The first-order chi connectivity index (χ1) is 19.0. The van der Waals surface area contributed by atoms with Crippen molar-refractivity contribution in [3.8, 4) is 11.1 Å². The summed E-state index contributed by atoms with van der Waals surface area (Å²) in [6.45, 7) is 9.04. The van der Waals surface area contributed by atoms with Gasteiger partial charge in [0.2, 0.25) is 0 Å². The van der Waals surface area contributed by atoms with Gasteiger partial charge in [-0.05, 0) is 111 Å². The van der Waals surface area contributed by atoms with Crippen LogP contribution in [0.1, 0.15) is 33.4 Å². The van der Waals surface area contributed by atoms with Crippen molar-refractivity contribution in [2.45, 2.75) is 25.7 Å². The largest absolute Gasteiger partial charge is 0.0942 e. The van der Waals surface area contributed by atoms with Gasteiger partial charge in [0.25, 0.3) is 0 Å². The zero-order chi connectivity index (χ0) is 27.0. The quantitative estimate of drug-likeness (QED) is 0.178. The molecule has 0 radical (unpaired) electrons. The first-order valence-electron chi connectivity index (χ1n) is 13.5. The predicted octanol–water partition coefficient (Wildman–Crippen LogP) is 10.3. The second-order valence-corrected chi connectivity index (χ2v) is 11.8. The highest BCUT2D eigenvalue weighted by Crippen LogP contribution is 2.48. The van der Waals surface area contributed by atoms with E-state index in [9.17, 15) is 0 Å². The van der Waals surface area contributed by atoms with Crippen molar-refractivity contribution >= 4 is 33.4 Å². The number of benzene rings is 5. The van der Waals surface area contributed by atoms with E-state index in [4.69, 9.17) is 6.58 Å². The standard InChI is InChI=1S/C38H31I/c1-26-12-19-32(20-13-26)38(33-21-14-27(2)15-22-33)28(3)8-5-4-6-9-36-35(10-7-11-37(36)38)31-17-16-30-25-34(39)23-18-29(30)24-31/h4-8,10-25H,3,9H2,1-2H3/b6-4-,8-5-. The Labute approximate surface area is 245 Å². The molecule has 0 amide bonds. The molecule has 0 heterocycles. The Morgan fingerprint density at radius 2 is 1.33 bits per heavy atom. The first-order valence-corrected chi connectivity index (χ1v) is 14.5. The normalized spacial score (nSPS) is 16.1. The smallest absolute Gasteiger partial charge is 0.0698 e. The summed E-state index contributed by atoms with van der Waals surface area (Å²) in [5, 5.41) is 2.53. The summed E-state index contributed by atoms with van der Waals surface area (Å²) in [5.74, 6) is 0. The van der Waals surface area contributed by atoms with Gasteiger partial charge in [-0.15, -0.1) is 0 Å². The summed E-state index contributed by atoms with van der Waals surface area (Å²) in [7, 11) is 0. The molecule has 0 unspecified atom stereocenters. The van der Waals surface area contributed by atoms with Crippen LogP contribution in [0.25, 0.3) is 21.9 Å². The number of allylic oxidation sites excluding steroid dienone is 5. The number of aryl methyl sites for hydroxylation is 2. The fraction of sp³-hybridized carbons (Fsp3) is 0.105. The molecule has 190 valence electrons. The molecule has 0 N–H and O–H groups in total. The second kappa shape index (κ2) is 10.5. The van der Waals surface area contributed by atoms with Crippen molar-refractivity contribution in [2.24, 2.45) is 0 Å². The zero-order valence-electron chi connectivity index (χ0n) is 22.4. The molecule has 39 heavy (non-hydrogen) atoms. The summed E-state index contributed by atoms with van der Waals surface area (Å²) in [4.78, 5) is 0. The molecule has 0 atom stereocenters. The second-order valence-electron chi connectivity index (χ2n) is 10.5. The van der Waals surface area contributed by atoms with Crippen LogP contribution in [0.15, 0.2) is 140 Å². The minimum absolute atomic E-state index is 0.526. The van der Waals surface area contributed by atoms with Crippen LogP contribution in [0.3, 0.4) is 0 Å². The Kier molecular flexibility index (Phi) is 6.86. The SMILES string of the molecule is C=C1/C=C\C=C/Cc2c(-c3ccc4cc(I)ccc4c3)cccc2C1(c1ccc(C)cc1)c1ccc(C)cc1. The molecule has 0 aromatic heterocycles. The Morgan fingerprint density at radius 1 is 0.692 bits per heavy atom. The highest BCUT2D eigenvalue weighted by molar-refractivity contribution is 14.1. The minimum atomic E-state index is -0.526. The molecule has 0 aliphatic heterocycles. The van der Waals surface area contributed by atoms with E-state index in [-0.39, 0.29) is 0 Å². The number of rotatable bonds is 3. The van der Waals surface area contributed by atoms with Gasteiger partial charge >= 0.3 is 0 Å². The third kappa shape index (κ3) is 4.59. The molecule has 1 heteroatoms. The van der Waals surface area contributed by atoms with Crippen LogP contribution in [-0.2, 0) is 11.8 Å². The lowest BCUT2D eigenvalue weighted by molar-refractivity contribution is 0.737. The van der Waals surface area contributed by atoms with Crippen LogP contribution >= 0.6 is 22.6 Å². The Bertz CT molecular complexity index is 1700. The van der Waals surface area contributed by atoms with Gasteiger partial charge in [-0.25, -0.2) is 0 Å². The number of fused-ring (bicyclic) bond motifs is 2. The molecule has 0 fully saturated rings. The lowest BCUT2D eigenvalue weighted by Crippen LogP contribution is -2.32.